The van der Waals surface area contributed by atoms with Crippen molar-refractivity contribution < 1.29 is 4.79 Å². The molecule has 4 nitrogen and oxygen atoms in total. The van der Waals surface area contributed by atoms with Crippen molar-refractivity contribution in [2.75, 3.05) is 26.7 Å². The van der Waals surface area contributed by atoms with Gasteiger partial charge in [0.05, 0.1) is 12.5 Å². The molecule has 1 aromatic rings. The normalized spacial score (nSPS) is 18.7. The molecule has 1 aromatic carbocycles. The van der Waals surface area contributed by atoms with E-state index in [-0.39, 0.29) is 11.8 Å². The minimum atomic E-state index is 0.103. The SMILES string of the molecule is CNC(=O)C1CCCN(Cc2ccccc2C#CCN)C1. The summed E-state index contributed by atoms with van der Waals surface area (Å²) in [5.74, 6) is 6.29. The van der Waals surface area contributed by atoms with E-state index in [1.54, 1.807) is 7.05 Å². The predicted octanol–water partition coefficient (Wildman–Crippen LogP) is 0.955. The number of nitrogens with two attached hydrogens (primary N) is 1. The van der Waals surface area contributed by atoms with Crippen molar-refractivity contribution in [1.29, 1.82) is 0 Å². The quantitative estimate of drug-likeness (QED) is 0.813. The number of hydrogen-bond acceptors (Lipinski definition) is 3. The van der Waals surface area contributed by atoms with Gasteiger partial charge >= 0.3 is 0 Å². The Kier molecular flexibility index (Phi) is 5.79. The molecule has 21 heavy (non-hydrogen) atoms. The van der Waals surface area contributed by atoms with Gasteiger partial charge in [-0.15, -0.1) is 0 Å². The molecule has 4 heteroatoms. The molecule has 0 radical (unpaired) electrons. The van der Waals surface area contributed by atoms with E-state index in [1.807, 2.05) is 18.2 Å². The maximum atomic E-state index is 11.8. The van der Waals surface area contributed by atoms with Crippen LogP contribution in [0.3, 0.4) is 0 Å². The molecule has 0 aliphatic carbocycles. The zero-order valence-electron chi connectivity index (χ0n) is 12.6. The molecular formula is C17H23N3O. The van der Waals surface area contributed by atoms with Crippen molar-refractivity contribution >= 4 is 5.91 Å². The van der Waals surface area contributed by atoms with Crippen molar-refractivity contribution in [2.24, 2.45) is 11.7 Å². The monoisotopic (exact) mass is 285 g/mol. The fourth-order valence-corrected chi connectivity index (χ4v) is 2.78. The Morgan fingerprint density at radius 2 is 2.29 bits per heavy atom. The van der Waals surface area contributed by atoms with Crippen LogP contribution in [-0.4, -0.2) is 37.5 Å². The Morgan fingerprint density at radius 1 is 1.48 bits per heavy atom. The van der Waals surface area contributed by atoms with E-state index in [9.17, 15) is 4.79 Å². The number of nitrogens with zero attached hydrogens (tertiary/aromatic N) is 1. The molecule has 2 rings (SSSR count). The molecule has 1 fully saturated rings. The van der Waals surface area contributed by atoms with Gasteiger partial charge in [0.1, 0.15) is 0 Å². The Balaban J connectivity index is 2.06. The minimum Gasteiger partial charge on any atom is -0.359 e. The Morgan fingerprint density at radius 3 is 3.05 bits per heavy atom. The van der Waals surface area contributed by atoms with Gasteiger partial charge < -0.3 is 11.1 Å². The fourth-order valence-electron chi connectivity index (χ4n) is 2.78. The molecule has 112 valence electrons. The number of piperidine rings is 1. The average Bonchev–Trinajstić information content (AvgIpc) is 2.53. The van der Waals surface area contributed by atoms with Gasteiger partial charge in [0, 0.05) is 25.7 Å². The van der Waals surface area contributed by atoms with Gasteiger partial charge in [-0.25, -0.2) is 0 Å². The second-order valence-corrected chi connectivity index (χ2v) is 5.35. The van der Waals surface area contributed by atoms with E-state index in [4.69, 9.17) is 5.73 Å². The highest BCUT2D eigenvalue weighted by Crippen LogP contribution is 2.20. The molecule has 0 aromatic heterocycles. The summed E-state index contributed by atoms with van der Waals surface area (Å²) in [6.07, 6.45) is 2.04. The maximum Gasteiger partial charge on any atom is 0.224 e. The third-order valence-corrected chi connectivity index (χ3v) is 3.86. The molecule has 1 unspecified atom stereocenters. The van der Waals surface area contributed by atoms with Crippen LogP contribution in [0, 0.1) is 17.8 Å². The molecule has 1 aliphatic rings. The first-order chi connectivity index (χ1) is 10.2. The average molecular weight is 285 g/mol. The van der Waals surface area contributed by atoms with Gasteiger partial charge in [-0.2, -0.15) is 0 Å². The number of amides is 1. The molecule has 1 saturated heterocycles. The second-order valence-electron chi connectivity index (χ2n) is 5.35. The van der Waals surface area contributed by atoms with Gasteiger partial charge in [-0.05, 0) is 31.0 Å². The lowest BCUT2D eigenvalue weighted by atomic mass is 9.96. The minimum absolute atomic E-state index is 0.103. The summed E-state index contributed by atoms with van der Waals surface area (Å²) < 4.78 is 0. The highest BCUT2D eigenvalue weighted by atomic mass is 16.1. The van der Waals surface area contributed by atoms with Gasteiger partial charge in [-0.3, -0.25) is 9.69 Å². The van der Waals surface area contributed by atoms with Crippen molar-refractivity contribution in [1.82, 2.24) is 10.2 Å². The van der Waals surface area contributed by atoms with Gasteiger partial charge in [0.25, 0.3) is 0 Å². The number of likely N-dealkylation sites (tertiary alicyclic amines) is 1. The van der Waals surface area contributed by atoms with Gasteiger partial charge in [-0.1, -0.05) is 30.0 Å². The Labute approximate surface area is 126 Å². The van der Waals surface area contributed by atoms with E-state index in [0.717, 1.165) is 38.0 Å². The number of rotatable bonds is 3. The lowest BCUT2D eigenvalue weighted by Gasteiger charge is -2.32. The van der Waals surface area contributed by atoms with Crippen LogP contribution in [0.15, 0.2) is 24.3 Å². The first-order valence-corrected chi connectivity index (χ1v) is 7.45. The molecular weight excluding hydrogens is 262 g/mol. The summed E-state index contributed by atoms with van der Waals surface area (Å²) in [5, 5.41) is 2.76. The maximum absolute atomic E-state index is 11.8. The number of benzene rings is 1. The lowest BCUT2D eigenvalue weighted by molar-refractivity contribution is -0.126. The summed E-state index contributed by atoms with van der Waals surface area (Å²) in [6, 6.07) is 8.15. The second kappa shape index (κ2) is 7.82. The number of hydrogen-bond donors (Lipinski definition) is 2. The zero-order valence-corrected chi connectivity index (χ0v) is 12.6. The van der Waals surface area contributed by atoms with Crippen LogP contribution in [-0.2, 0) is 11.3 Å². The third kappa shape index (κ3) is 4.32. The molecule has 0 saturated carbocycles. The van der Waals surface area contributed by atoms with Gasteiger partial charge in [0.15, 0.2) is 0 Å². The molecule has 3 N–H and O–H groups in total. The van der Waals surface area contributed by atoms with E-state index >= 15 is 0 Å². The molecule has 1 atom stereocenters. The van der Waals surface area contributed by atoms with Crippen LogP contribution < -0.4 is 11.1 Å². The lowest BCUT2D eigenvalue weighted by Crippen LogP contribution is -2.41. The van der Waals surface area contributed by atoms with Crippen LogP contribution in [0.25, 0.3) is 0 Å². The van der Waals surface area contributed by atoms with Crippen molar-refractivity contribution in [3.63, 3.8) is 0 Å². The van der Waals surface area contributed by atoms with Crippen molar-refractivity contribution in [3.8, 4) is 11.8 Å². The number of nitrogens with one attached hydrogen (secondary N) is 1. The molecule has 1 aliphatic heterocycles. The summed E-state index contributed by atoms with van der Waals surface area (Å²) >= 11 is 0. The van der Waals surface area contributed by atoms with Crippen LogP contribution in [0.5, 0.6) is 0 Å². The fraction of sp³-hybridized carbons (Fsp3) is 0.471. The standard InChI is InChI=1S/C17H23N3O/c1-19-17(21)16-9-5-11-20(13-16)12-15-7-3-2-6-14(15)8-4-10-18/h2-3,6-7,16H,5,9-13,18H2,1H3,(H,19,21). The van der Waals surface area contributed by atoms with E-state index < -0.39 is 0 Å². The molecule has 1 amide bonds. The first kappa shape index (κ1) is 15.6. The van der Waals surface area contributed by atoms with Crippen molar-refractivity contribution in [3.05, 3.63) is 35.4 Å². The third-order valence-electron chi connectivity index (χ3n) is 3.86. The summed E-state index contributed by atoms with van der Waals surface area (Å²) in [6.45, 7) is 3.06. The largest absolute Gasteiger partial charge is 0.359 e. The van der Waals surface area contributed by atoms with Crippen LogP contribution in [0.2, 0.25) is 0 Å². The zero-order chi connectivity index (χ0) is 15.1. The van der Waals surface area contributed by atoms with E-state index in [0.29, 0.717) is 6.54 Å². The number of carbonyl (C=O) groups excluding carboxylic acids is 1. The number of carbonyl (C=O) groups is 1. The Bertz CT molecular complexity index is 544. The molecule has 0 bridgehead atoms. The summed E-state index contributed by atoms with van der Waals surface area (Å²) in [4.78, 5) is 14.1. The van der Waals surface area contributed by atoms with E-state index in [2.05, 4.69) is 28.1 Å². The van der Waals surface area contributed by atoms with Crippen LogP contribution in [0.1, 0.15) is 24.0 Å². The summed E-state index contributed by atoms with van der Waals surface area (Å²) in [5.41, 5.74) is 7.69. The predicted molar refractivity (Wildman–Crippen MR) is 84.4 cm³/mol. The van der Waals surface area contributed by atoms with Crippen LogP contribution >= 0.6 is 0 Å². The first-order valence-electron chi connectivity index (χ1n) is 7.45. The van der Waals surface area contributed by atoms with Crippen LogP contribution in [0.4, 0.5) is 0 Å². The van der Waals surface area contributed by atoms with Gasteiger partial charge in [0.2, 0.25) is 5.91 Å². The summed E-state index contributed by atoms with van der Waals surface area (Å²) in [7, 11) is 1.71. The smallest absolute Gasteiger partial charge is 0.224 e. The highest BCUT2D eigenvalue weighted by molar-refractivity contribution is 5.78. The van der Waals surface area contributed by atoms with Crippen molar-refractivity contribution in [2.45, 2.75) is 19.4 Å². The van der Waals surface area contributed by atoms with E-state index in [1.165, 1.54) is 5.56 Å². The Hall–Kier alpha value is -1.83. The molecule has 1 heterocycles. The highest BCUT2D eigenvalue weighted by Gasteiger charge is 2.25. The molecule has 0 spiro atoms. The topological polar surface area (TPSA) is 58.4 Å².